The Morgan fingerprint density at radius 3 is 2.65 bits per heavy atom. The molecule has 0 atom stereocenters. The zero-order chi connectivity index (χ0) is 16.7. The second kappa shape index (κ2) is 6.07. The van der Waals surface area contributed by atoms with Crippen molar-refractivity contribution < 1.29 is 9.84 Å². The zero-order valence-electron chi connectivity index (χ0n) is 11.8. The number of hydrogen-bond acceptors (Lipinski definition) is 3. The van der Waals surface area contributed by atoms with Crippen molar-refractivity contribution in [2.45, 2.75) is 0 Å². The molecule has 7 heteroatoms. The van der Waals surface area contributed by atoms with E-state index in [0.717, 1.165) is 4.47 Å². The Labute approximate surface area is 149 Å². The molecule has 0 aliphatic carbocycles. The van der Waals surface area contributed by atoms with Crippen LogP contribution in [0.3, 0.4) is 0 Å². The van der Waals surface area contributed by atoms with E-state index in [9.17, 15) is 9.90 Å². The number of fused-ring (bicyclic) bond motifs is 1. The molecule has 1 aromatic heterocycles. The van der Waals surface area contributed by atoms with Gasteiger partial charge in [0.1, 0.15) is 5.75 Å². The standard InChI is InChI=1S/C16H10BrCl2NO3/c1-23-12-3-2-7(17)4-9(12)13-14-10(19)5-8(18)6-11(14)20-16(22)15(13)21/h2-6,21H,1H3,(H,20,22). The number of aromatic nitrogens is 1. The average Bonchev–Trinajstić information content (AvgIpc) is 2.49. The predicted molar refractivity (Wildman–Crippen MR) is 95.9 cm³/mol. The first-order valence-electron chi connectivity index (χ1n) is 6.50. The van der Waals surface area contributed by atoms with E-state index in [1.807, 2.05) is 0 Å². The van der Waals surface area contributed by atoms with Gasteiger partial charge in [-0.2, -0.15) is 0 Å². The van der Waals surface area contributed by atoms with Crippen LogP contribution in [0.1, 0.15) is 0 Å². The van der Waals surface area contributed by atoms with Crippen LogP contribution in [0.5, 0.6) is 11.5 Å². The van der Waals surface area contributed by atoms with Gasteiger partial charge in [-0.3, -0.25) is 4.79 Å². The third-order valence-electron chi connectivity index (χ3n) is 3.44. The van der Waals surface area contributed by atoms with Crippen molar-refractivity contribution in [3.8, 4) is 22.6 Å². The van der Waals surface area contributed by atoms with Gasteiger partial charge in [-0.05, 0) is 30.3 Å². The SMILES string of the molecule is COc1ccc(Br)cc1-c1c(O)c(=O)[nH]c2cc(Cl)cc(Cl)c12. The normalized spacial score (nSPS) is 11.0. The minimum absolute atomic E-state index is 0.295. The van der Waals surface area contributed by atoms with E-state index in [1.54, 1.807) is 30.3 Å². The minimum Gasteiger partial charge on any atom is -0.503 e. The van der Waals surface area contributed by atoms with Gasteiger partial charge in [0.25, 0.3) is 5.56 Å². The number of H-pyrrole nitrogens is 1. The molecule has 0 spiro atoms. The Bertz CT molecular complexity index is 985. The third-order valence-corrected chi connectivity index (χ3v) is 4.45. The summed E-state index contributed by atoms with van der Waals surface area (Å²) in [4.78, 5) is 14.7. The summed E-state index contributed by atoms with van der Waals surface area (Å²) in [7, 11) is 1.51. The fourth-order valence-electron chi connectivity index (χ4n) is 2.48. The monoisotopic (exact) mass is 413 g/mol. The molecule has 2 N–H and O–H groups in total. The fraction of sp³-hybridized carbons (Fsp3) is 0.0625. The van der Waals surface area contributed by atoms with Crippen LogP contribution in [0.4, 0.5) is 0 Å². The topological polar surface area (TPSA) is 62.3 Å². The van der Waals surface area contributed by atoms with Crippen LogP contribution in [0.25, 0.3) is 22.0 Å². The molecule has 3 rings (SSSR count). The Morgan fingerprint density at radius 1 is 1.22 bits per heavy atom. The highest BCUT2D eigenvalue weighted by molar-refractivity contribution is 9.10. The van der Waals surface area contributed by atoms with Gasteiger partial charge in [-0.15, -0.1) is 0 Å². The summed E-state index contributed by atoms with van der Waals surface area (Å²) >= 11 is 15.7. The maximum absolute atomic E-state index is 12.1. The molecule has 0 bridgehead atoms. The lowest BCUT2D eigenvalue weighted by molar-refractivity contribution is 0.415. The van der Waals surface area contributed by atoms with Crippen LogP contribution < -0.4 is 10.3 Å². The minimum atomic E-state index is -0.632. The van der Waals surface area contributed by atoms with Crippen molar-refractivity contribution in [2.24, 2.45) is 0 Å². The molecule has 0 aliphatic rings. The largest absolute Gasteiger partial charge is 0.503 e. The first-order valence-corrected chi connectivity index (χ1v) is 8.05. The number of rotatable bonds is 2. The molecule has 0 saturated heterocycles. The van der Waals surface area contributed by atoms with E-state index in [4.69, 9.17) is 27.9 Å². The fourth-order valence-corrected chi connectivity index (χ4v) is 3.43. The average molecular weight is 415 g/mol. The molecule has 3 aromatic rings. The summed E-state index contributed by atoms with van der Waals surface area (Å²) in [6.07, 6.45) is 0. The lowest BCUT2D eigenvalue weighted by Gasteiger charge is -2.14. The molecule has 0 amide bonds. The molecule has 0 unspecified atom stereocenters. The first kappa shape index (κ1) is 16.2. The van der Waals surface area contributed by atoms with Gasteiger partial charge >= 0.3 is 0 Å². The van der Waals surface area contributed by atoms with E-state index in [1.165, 1.54) is 7.11 Å². The van der Waals surface area contributed by atoms with Gasteiger partial charge in [-0.25, -0.2) is 0 Å². The molecule has 0 aliphatic heterocycles. The summed E-state index contributed by atoms with van der Waals surface area (Å²) in [5.74, 6) is 0.0690. The molecule has 0 fully saturated rings. The molecule has 1 heterocycles. The quantitative estimate of drug-likeness (QED) is 0.621. The Kier molecular flexibility index (Phi) is 4.27. The molecule has 2 aromatic carbocycles. The molecule has 118 valence electrons. The lowest BCUT2D eigenvalue weighted by atomic mass is 9.99. The second-order valence-electron chi connectivity index (χ2n) is 4.83. The predicted octanol–water partition coefficient (Wildman–Crippen LogP) is 4.98. The van der Waals surface area contributed by atoms with Crippen LogP contribution in [-0.4, -0.2) is 17.2 Å². The van der Waals surface area contributed by atoms with Crippen molar-refractivity contribution in [2.75, 3.05) is 7.11 Å². The summed E-state index contributed by atoms with van der Waals surface area (Å²) in [6.45, 7) is 0. The third kappa shape index (κ3) is 2.80. The summed E-state index contributed by atoms with van der Waals surface area (Å²) in [6, 6.07) is 8.41. The maximum atomic E-state index is 12.1. The first-order chi connectivity index (χ1) is 10.9. The number of ether oxygens (including phenoxy) is 1. The number of benzene rings is 2. The van der Waals surface area contributed by atoms with Crippen LogP contribution in [0.15, 0.2) is 39.6 Å². The van der Waals surface area contributed by atoms with Crippen molar-refractivity contribution in [3.63, 3.8) is 0 Å². The van der Waals surface area contributed by atoms with E-state index >= 15 is 0 Å². The van der Waals surface area contributed by atoms with E-state index in [0.29, 0.717) is 37.8 Å². The maximum Gasteiger partial charge on any atom is 0.291 e. The van der Waals surface area contributed by atoms with Crippen LogP contribution in [-0.2, 0) is 0 Å². The summed E-state index contributed by atoms with van der Waals surface area (Å²) < 4.78 is 6.12. The zero-order valence-corrected chi connectivity index (χ0v) is 14.9. The van der Waals surface area contributed by atoms with Crippen molar-refractivity contribution in [3.05, 3.63) is 55.2 Å². The lowest BCUT2D eigenvalue weighted by Crippen LogP contribution is -2.07. The van der Waals surface area contributed by atoms with Gasteiger partial charge in [-0.1, -0.05) is 39.1 Å². The van der Waals surface area contributed by atoms with Crippen LogP contribution >= 0.6 is 39.1 Å². The highest BCUT2D eigenvalue weighted by Gasteiger charge is 2.20. The van der Waals surface area contributed by atoms with Crippen molar-refractivity contribution in [1.82, 2.24) is 4.98 Å². The van der Waals surface area contributed by atoms with Crippen LogP contribution in [0, 0.1) is 0 Å². The molecule has 23 heavy (non-hydrogen) atoms. The van der Waals surface area contributed by atoms with E-state index in [-0.39, 0.29) is 0 Å². The van der Waals surface area contributed by atoms with Crippen LogP contribution in [0.2, 0.25) is 10.0 Å². The summed E-state index contributed by atoms with van der Waals surface area (Å²) in [5.41, 5.74) is 0.637. The molecular weight excluding hydrogens is 405 g/mol. The number of nitrogens with one attached hydrogen (secondary N) is 1. The van der Waals surface area contributed by atoms with Gasteiger partial charge in [0.15, 0.2) is 5.75 Å². The van der Waals surface area contributed by atoms with E-state index in [2.05, 4.69) is 20.9 Å². The van der Waals surface area contributed by atoms with Crippen molar-refractivity contribution in [1.29, 1.82) is 0 Å². The number of methoxy groups -OCH3 is 1. The molecule has 4 nitrogen and oxygen atoms in total. The smallest absolute Gasteiger partial charge is 0.291 e. The highest BCUT2D eigenvalue weighted by atomic mass is 79.9. The van der Waals surface area contributed by atoms with Gasteiger partial charge in [0, 0.05) is 26.0 Å². The number of pyridine rings is 1. The Morgan fingerprint density at radius 2 is 1.96 bits per heavy atom. The molecular formula is C16H10BrCl2NO3. The number of hydrogen-bond donors (Lipinski definition) is 2. The van der Waals surface area contributed by atoms with Crippen molar-refractivity contribution >= 4 is 50.0 Å². The summed E-state index contributed by atoms with van der Waals surface area (Å²) in [5, 5.41) is 11.5. The molecule has 0 saturated carbocycles. The Balaban J connectivity index is 2.53. The Hall–Kier alpha value is -1.69. The second-order valence-corrected chi connectivity index (χ2v) is 6.59. The van der Waals surface area contributed by atoms with Gasteiger partial charge in [0.2, 0.25) is 0 Å². The van der Waals surface area contributed by atoms with Gasteiger partial charge < -0.3 is 14.8 Å². The number of aromatic hydroxyl groups is 1. The molecule has 0 radical (unpaired) electrons. The number of aromatic amines is 1. The van der Waals surface area contributed by atoms with Gasteiger partial charge in [0.05, 0.1) is 17.6 Å². The number of halogens is 3. The highest BCUT2D eigenvalue weighted by Crippen LogP contribution is 2.43. The van der Waals surface area contributed by atoms with E-state index < -0.39 is 11.3 Å².